The van der Waals surface area contributed by atoms with E-state index in [1.54, 1.807) is 0 Å². The van der Waals surface area contributed by atoms with Crippen LogP contribution in [0.25, 0.3) is 65.8 Å². The first-order chi connectivity index (χ1) is 26.8. The molecule has 0 saturated carbocycles. The highest BCUT2D eigenvalue weighted by atomic mass is 15.2. The number of benzene rings is 8. The van der Waals surface area contributed by atoms with Gasteiger partial charge in [0, 0.05) is 43.7 Å². The van der Waals surface area contributed by atoms with E-state index >= 15 is 0 Å². The zero-order valence-corrected chi connectivity index (χ0v) is 29.3. The minimum Gasteiger partial charge on any atom is -0.344 e. The Kier molecular flexibility index (Phi) is 6.85. The SMILES string of the molecule is c1ccc(C2N=C(c3ccc(-n4c5ccccc5c5ccccc54)c4ccccc34)N=C(c3ccc4c(c3)c3ccccc3n4-c3ccccc3)N2)cc1. The lowest BCUT2D eigenvalue weighted by molar-refractivity contribution is 0.674. The van der Waals surface area contributed by atoms with Crippen LogP contribution in [0.1, 0.15) is 22.9 Å². The second-order valence-corrected chi connectivity index (χ2v) is 13.8. The van der Waals surface area contributed by atoms with Crippen LogP contribution in [0.3, 0.4) is 0 Å². The number of aromatic nitrogens is 2. The molecule has 0 aliphatic carbocycles. The van der Waals surface area contributed by atoms with Crippen molar-refractivity contribution < 1.29 is 0 Å². The van der Waals surface area contributed by atoms with Crippen molar-refractivity contribution in [2.75, 3.05) is 0 Å². The molecule has 0 fully saturated rings. The molecule has 54 heavy (non-hydrogen) atoms. The van der Waals surface area contributed by atoms with Crippen LogP contribution in [-0.4, -0.2) is 20.8 Å². The largest absolute Gasteiger partial charge is 0.344 e. The molecule has 10 aromatic rings. The van der Waals surface area contributed by atoms with Gasteiger partial charge in [0.1, 0.15) is 12.0 Å². The van der Waals surface area contributed by atoms with Crippen LogP contribution in [0, 0.1) is 0 Å². The van der Waals surface area contributed by atoms with Crippen LogP contribution in [0.4, 0.5) is 0 Å². The Morgan fingerprint density at radius 3 is 1.65 bits per heavy atom. The summed E-state index contributed by atoms with van der Waals surface area (Å²) in [6, 6.07) is 66.7. The fourth-order valence-corrected chi connectivity index (χ4v) is 8.35. The Bertz CT molecular complexity index is 3080. The number of hydrogen-bond acceptors (Lipinski definition) is 3. The van der Waals surface area contributed by atoms with E-state index in [1.807, 2.05) is 6.07 Å². The van der Waals surface area contributed by atoms with Gasteiger partial charge in [0.25, 0.3) is 0 Å². The standard InChI is InChI=1S/C49H33N5/c1-3-15-32(16-4-1)47-50-48(33-27-29-46-41(31-33)39-23-11-12-24-42(39)53(46)34-17-5-2-6-18-34)52-49(51-47)40-28-30-45(36-20-8-7-19-35(36)40)54-43-25-13-9-21-37(43)38-22-10-14-26-44(38)54/h1-31,47H,(H,50,51,52). The predicted octanol–water partition coefficient (Wildman–Crippen LogP) is 11.5. The van der Waals surface area contributed by atoms with E-state index in [2.05, 4.69) is 196 Å². The van der Waals surface area contributed by atoms with Gasteiger partial charge < -0.3 is 14.5 Å². The summed E-state index contributed by atoms with van der Waals surface area (Å²) in [5, 5.41) is 10.8. The highest BCUT2D eigenvalue weighted by Gasteiger charge is 2.24. The van der Waals surface area contributed by atoms with Crippen molar-refractivity contribution in [1.29, 1.82) is 0 Å². The van der Waals surface area contributed by atoms with Crippen molar-refractivity contribution in [2.45, 2.75) is 6.17 Å². The van der Waals surface area contributed by atoms with Gasteiger partial charge in [-0.2, -0.15) is 0 Å². The van der Waals surface area contributed by atoms with Gasteiger partial charge in [-0.05, 0) is 71.6 Å². The molecule has 0 spiro atoms. The maximum Gasteiger partial charge on any atom is 0.160 e. The van der Waals surface area contributed by atoms with E-state index in [4.69, 9.17) is 9.98 Å². The average Bonchev–Trinajstić information content (AvgIpc) is 3.76. The van der Waals surface area contributed by atoms with Gasteiger partial charge in [-0.3, -0.25) is 0 Å². The first kappa shape index (κ1) is 30.4. The van der Waals surface area contributed by atoms with Crippen LogP contribution >= 0.6 is 0 Å². The summed E-state index contributed by atoms with van der Waals surface area (Å²) in [6.45, 7) is 0. The monoisotopic (exact) mass is 691 g/mol. The number of fused-ring (bicyclic) bond motifs is 7. The zero-order chi connectivity index (χ0) is 35.6. The quantitative estimate of drug-likeness (QED) is 0.192. The zero-order valence-electron chi connectivity index (χ0n) is 29.3. The molecule has 11 rings (SSSR count). The van der Waals surface area contributed by atoms with Crippen molar-refractivity contribution in [2.24, 2.45) is 9.98 Å². The topological polar surface area (TPSA) is 46.6 Å². The van der Waals surface area contributed by atoms with Gasteiger partial charge in [0.15, 0.2) is 5.84 Å². The Morgan fingerprint density at radius 2 is 0.963 bits per heavy atom. The fraction of sp³-hybridized carbons (Fsp3) is 0.0204. The number of hydrogen-bond donors (Lipinski definition) is 1. The first-order valence-corrected chi connectivity index (χ1v) is 18.4. The van der Waals surface area contributed by atoms with Crippen LogP contribution in [0.2, 0.25) is 0 Å². The van der Waals surface area contributed by atoms with Gasteiger partial charge >= 0.3 is 0 Å². The fourth-order valence-electron chi connectivity index (χ4n) is 8.35. The van der Waals surface area contributed by atoms with Crippen LogP contribution < -0.4 is 5.32 Å². The molecule has 0 saturated heterocycles. The van der Waals surface area contributed by atoms with Gasteiger partial charge in [0.2, 0.25) is 0 Å². The van der Waals surface area contributed by atoms with Gasteiger partial charge in [-0.1, -0.05) is 127 Å². The summed E-state index contributed by atoms with van der Waals surface area (Å²) in [4.78, 5) is 10.6. The van der Waals surface area contributed by atoms with E-state index in [-0.39, 0.29) is 6.17 Å². The number of aliphatic imine (C=N–C) groups is 2. The summed E-state index contributed by atoms with van der Waals surface area (Å²) < 4.78 is 4.73. The Hall–Kier alpha value is -7.24. The normalized spacial score (nSPS) is 14.5. The van der Waals surface area contributed by atoms with E-state index < -0.39 is 0 Å². The lowest BCUT2D eigenvalue weighted by Gasteiger charge is -2.24. The first-order valence-electron chi connectivity index (χ1n) is 18.4. The molecule has 254 valence electrons. The van der Waals surface area contributed by atoms with Crippen molar-refractivity contribution in [3.8, 4) is 11.4 Å². The van der Waals surface area contributed by atoms with Crippen molar-refractivity contribution >= 4 is 66.1 Å². The van der Waals surface area contributed by atoms with Gasteiger partial charge in [-0.15, -0.1) is 0 Å². The van der Waals surface area contributed by atoms with E-state index in [1.165, 1.54) is 38.1 Å². The maximum absolute atomic E-state index is 5.33. The minimum atomic E-state index is -0.314. The molecule has 2 aromatic heterocycles. The highest BCUT2D eigenvalue weighted by molar-refractivity contribution is 6.20. The summed E-state index contributed by atoms with van der Waals surface area (Å²) in [6.07, 6.45) is -0.314. The molecule has 0 amide bonds. The number of amidine groups is 2. The van der Waals surface area contributed by atoms with Crippen LogP contribution in [0.5, 0.6) is 0 Å². The molecular formula is C49H33N5. The minimum absolute atomic E-state index is 0.314. The van der Waals surface area contributed by atoms with Gasteiger partial charge in [-0.25, -0.2) is 9.98 Å². The maximum atomic E-state index is 5.33. The molecule has 3 heterocycles. The second-order valence-electron chi connectivity index (χ2n) is 13.8. The third-order valence-corrected chi connectivity index (χ3v) is 10.8. The molecule has 1 unspecified atom stereocenters. The summed E-state index contributed by atoms with van der Waals surface area (Å²) in [5.41, 5.74) is 10.1. The molecule has 1 atom stereocenters. The smallest absolute Gasteiger partial charge is 0.160 e. The predicted molar refractivity (Wildman–Crippen MR) is 224 cm³/mol. The number of rotatable bonds is 5. The molecule has 0 radical (unpaired) electrons. The average molecular weight is 692 g/mol. The van der Waals surface area contributed by atoms with E-state index in [9.17, 15) is 0 Å². The molecule has 1 aliphatic heterocycles. The van der Waals surface area contributed by atoms with E-state index in [0.717, 1.165) is 50.2 Å². The molecular weight excluding hydrogens is 659 g/mol. The van der Waals surface area contributed by atoms with Gasteiger partial charge in [0.05, 0.1) is 27.8 Å². The molecule has 5 heteroatoms. The third kappa shape index (κ3) is 4.72. The summed E-state index contributed by atoms with van der Waals surface area (Å²) >= 11 is 0. The number of nitrogens with one attached hydrogen (secondary N) is 1. The van der Waals surface area contributed by atoms with Crippen LogP contribution in [-0.2, 0) is 0 Å². The third-order valence-electron chi connectivity index (χ3n) is 10.8. The molecule has 1 aliphatic rings. The van der Waals surface area contributed by atoms with Crippen molar-refractivity contribution in [3.05, 3.63) is 205 Å². The second kappa shape index (κ2) is 12.2. The number of para-hydroxylation sites is 4. The molecule has 0 bridgehead atoms. The van der Waals surface area contributed by atoms with Crippen molar-refractivity contribution in [1.82, 2.24) is 14.5 Å². The molecule has 5 nitrogen and oxygen atoms in total. The lowest BCUT2D eigenvalue weighted by Crippen LogP contribution is -2.33. The Morgan fingerprint density at radius 1 is 0.426 bits per heavy atom. The highest BCUT2D eigenvalue weighted by Crippen LogP contribution is 2.37. The van der Waals surface area contributed by atoms with Crippen molar-refractivity contribution in [3.63, 3.8) is 0 Å². The summed E-state index contributed by atoms with van der Waals surface area (Å²) in [7, 11) is 0. The van der Waals surface area contributed by atoms with Crippen LogP contribution in [0.15, 0.2) is 198 Å². The lowest BCUT2D eigenvalue weighted by atomic mass is 10.0. The Balaban J connectivity index is 1.10. The molecule has 1 N–H and O–H groups in total. The van der Waals surface area contributed by atoms with E-state index in [0.29, 0.717) is 5.84 Å². The Labute approximate surface area is 311 Å². The molecule has 8 aromatic carbocycles. The number of nitrogens with zero attached hydrogens (tertiary/aromatic N) is 4. The summed E-state index contributed by atoms with van der Waals surface area (Å²) in [5.74, 6) is 1.50.